The highest BCUT2D eigenvalue weighted by atomic mass is 31.2. The first-order chi connectivity index (χ1) is 17.4. The lowest BCUT2D eigenvalue weighted by Crippen LogP contribution is -2.43. The highest BCUT2D eigenvalue weighted by molar-refractivity contribution is 7.47. The summed E-state index contributed by atoms with van der Waals surface area (Å²) in [6.45, 7) is 9.00. The molecule has 0 aliphatic carbocycles. The number of likely N-dealkylation sites (N-methyl/N-ethyl adjacent to an activating group) is 1. The van der Waals surface area contributed by atoms with E-state index in [-0.39, 0.29) is 19.1 Å². The van der Waals surface area contributed by atoms with E-state index in [1.807, 2.05) is 6.92 Å². The zero-order valence-corrected chi connectivity index (χ0v) is 25.1. The minimum Gasteiger partial charge on any atom is -0.381 e. The maximum Gasteiger partial charge on any atom is 0.472 e. The first-order valence-corrected chi connectivity index (χ1v) is 16.9. The van der Waals surface area contributed by atoms with Crippen LogP contribution in [0.15, 0.2) is 0 Å². The number of phosphoric ester groups is 1. The lowest BCUT2D eigenvalue weighted by molar-refractivity contribution is -0.897. The van der Waals surface area contributed by atoms with Crippen molar-refractivity contribution in [1.29, 1.82) is 0 Å². The summed E-state index contributed by atoms with van der Waals surface area (Å²) in [7, 11) is -1.80. The van der Waals surface area contributed by atoms with Gasteiger partial charge < -0.3 is 14.1 Å². The standard InChI is InChI=1S/C29H60NO5P/c1-4-5-6-7-8-9-10-11-12-13-14-15-16-17-18-21-25-33-27-29(2)28-35-36(31,32)34-26-24-30(3)22-19-20-23-30/h29H,4-28H2,1-3H3/p+1/t29-/m1/s1. The van der Waals surface area contributed by atoms with E-state index in [4.69, 9.17) is 13.8 Å². The van der Waals surface area contributed by atoms with Crippen LogP contribution in [0.1, 0.15) is 129 Å². The smallest absolute Gasteiger partial charge is 0.381 e. The van der Waals surface area contributed by atoms with Crippen molar-refractivity contribution in [3.05, 3.63) is 0 Å². The number of phosphoric acid groups is 1. The summed E-state index contributed by atoms with van der Waals surface area (Å²) in [4.78, 5) is 9.91. The number of ether oxygens (including phenoxy) is 1. The van der Waals surface area contributed by atoms with Gasteiger partial charge in [0, 0.05) is 25.4 Å². The number of unbranched alkanes of at least 4 members (excludes halogenated alkanes) is 15. The van der Waals surface area contributed by atoms with Gasteiger partial charge in [0.25, 0.3) is 0 Å². The number of nitrogens with zero attached hydrogens (tertiary/aromatic N) is 1. The van der Waals surface area contributed by atoms with Crippen LogP contribution in [-0.4, -0.2) is 62.5 Å². The first kappa shape index (κ1) is 34.1. The zero-order chi connectivity index (χ0) is 26.4. The molecular weight excluding hydrogens is 473 g/mol. The first-order valence-electron chi connectivity index (χ1n) is 15.4. The molecule has 0 bridgehead atoms. The summed E-state index contributed by atoms with van der Waals surface area (Å²) in [5.74, 6) is 0.0678. The Morgan fingerprint density at radius 2 is 1.19 bits per heavy atom. The SMILES string of the molecule is CCCCCCCCCCCCCCCCCCOC[C@@H](C)COP(=O)(O)OCC[N+]1(C)CCCC1. The molecule has 1 aliphatic heterocycles. The van der Waals surface area contributed by atoms with Gasteiger partial charge in [-0.15, -0.1) is 0 Å². The molecule has 0 aromatic carbocycles. The lowest BCUT2D eigenvalue weighted by atomic mass is 10.0. The molecule has 0 radical (unpaired) electrons. The predicted molar refractivity (Wildman–Crippen MR) is 151 cm³/mol. The predicted octanol–water partition coefficient (Wildman–Crippen LogP) is 8.27. The third-order valence-corrected chi connectivity index (χ3v) is 8.58. The Bertz CT molecular complexity index is 542. The molecule has 216 valence electrons. The molecule has 2 atom stereocenters. The Morgan fingerprint density at radius 1 is 0.722 bits per heavy atom. The second-order valence-electron chi connectivity index (χ2n) is 11.6. The van der Waals surface area contributed by atoms with Crippen molar-refractivity contribution in [3.8, 4) is 0 Å². The van der Waals surface area contributed by atoms with Crippen LogP contribution in [0.4, 0.5) is 0 Å². The van der Waals surface area contributed by atoms with Gasteiger partial charge in [-0.1, -0.05) is 110 Å². The van der Waals surface area contributed by atoms with Gasteiger partial charge in [0.2, 0.25) is 0 Å². The summed E-state index contributed by atoms with van der Waals surface area (Å²) < 4.78 is 29.1. The maximum absolute atomic E-state index is 12.1. The second-order valence-corrected chi connectivity index (χ2v) is 13.0. The van der Waals surface area contributed by atoms with Gasteiger partial charge in [0.15, 0.2) is 0 Å². The minimum atomic E-state index is -3.98. The van der Waals surface area contributed by atoms with E-state index in [9.17, 15) is 9.46 Å². The van der Waals surface area contributed by atoms with Gasteiger partial charge in [-0.25, -0.2) is 4.57 Å². The Labute approximate surface area is 224 Å². The molecule has 1 fully saturated rings. The van der Waals surface area contributed by atoms with Gasteiger partial charge in [0.1, 0.15) is 13.2 Å². The fourth-order valence-electron chi connectivity index (χ4n) is 5.04. The Balaban J connectivity index is 1.82. The molecule has 0 spiro atoms. The number of hydrogen-bond donors (Lipinski definition) is 1. The Kier molecular flexibility index (Phi) is 20.7. The average Bonchev–Trinajstić information content (AvgIpc) is 3.28. The molecule has 0 aromatic heterocycles. The van der Waals surface area contributed by atoms with E-state index in [0.717, 1.165) is 37.1 Å². The largest absolute Gasteiger partial charge is 0.472 e. The van der Waals surface area contributed by atoms with Crippen LogP contribution in [0.3, 0.4) is 0 Å². The number of hydrogen-bond acceptors (Lipinski definition) is 4. The van der Waals surface area contributed by atoms with Gasteiger partial charge in [-0.05, 0) is 6.42 Å². The summed E-state index contributed by atoms with van der Waals surface area (Å²) in [6, 6.07) is 0. The van der Waals surface area contributed by atoms with Crippen LogP contribution in [0, 0.1) is 5.92 Å². The highest BCUT2D eigenvalue weighted by Gasteiger charge is 2.29. The molecule has 1 aliphatic rings. The molecule has 36 heavy (non-hydrogen) atoms. The molecule has 0 amide bonds. The average molecular weight is 535 g/mol. The summed E-state index contributed by atoms with van der Waals surface area (Å²) in [5.41, 5.74) is 0. The zero-order valence-electron chi connectivity index (χ0n) is 24.2. The van der Waals surface area contributed by atoms with E-state index in [0.29, 0.717) is 6.61 Å². The van der Waals surface area contributed by atoms with Crippen molar-refractivity contribution in [2.45, 2.75) is 129 Å². The third kappa shape index (κ3) is 20.1. The molecule has 6 nitrogen and oxygen atoms in total. The Hall–Kier alpha value is 0.0300. The maximum atomic E-state index is 12.1. The van der Waals surface area contributed by atoms with E-state index in [2.05, 4.69) is 14.0 Å². The molecule has 1 N–H and O–H groups in total. The molecule has 1 saturated heterocycles. The van der Waals surface area contributed by atoms with Crippen molar-refractivity contribution in [1.82, 2.24) is 0 Å². The lowest BCUT2D eigenvalue weighted by Gasteiger charge is -2.29. The fourth-order valence-corrected chi connectivity index (χ4v) is 5.87. The topological polar surface area (TPSA) is 65.0 Å². The molecular formula is C29H61NO5P+. The van der Waals surface area contributed by atoms with Crippen LogP contribution in [0.2, 0.25) is 0 Å². The van der Waals surface area contributed by atoms with Crippen molar-refractivity contribution in [3.63, 3.8) is 0 Å². The number of quaternary nitrogens is 1. The normalized spacial score (nSPS) is 17.9. The molecule has 0 aromatic rings. The van der Waals surface area contributed by atoms with Crippen LogP contribution >= 0.6 is 7.82 Å². The van der Waals surface area contributed by atoms with Crippen LogP contribution < -0.4 is 0 Å². The van der Waals surface area contributed by atoms with Gasteiger partial charge in [-0.3, -0.25) is 9.05 Å². The van der Waals surface area contributed by atoms with Crippen LogP contribution in [-0.2, 0) is 18.3 Å². The van der Waals surface area contributed by atoms with Gasteiger partial charge in [0.05, 0.1) is 33.4 Å². The highest BCUT2D eigenvalue weighted by Crippen LogP contribution is 2.43. The molecule has 0 saturated carbocycles. The summed E-state index contributed by atoms with van der Waals surface area (Å²) in [5, 5.41) is 0. The number of likely N-dealkylation sites (tertiary alicyclic amines) is 1. The monoisotopic (exact) mass is 534 g/mol. The van der Waals surface area contributed by atoms with Crippen molar-refractivity contribution in [2.24, 2.45) is 5.92 Å². The van der Waals surface area contributed by atoms with Crippen LogP contribution in [0.25, 0.3) is 0 Å². The van der Waals surface area contributed by atoms with E-state index in [1.165, 1.54) is 109 Å². The van der Waals surface area contributed by atoms with E-state index < -0.39 is 7.82 Å². The fraction of sp³-hybridized carbons (Fsp3) is 1.00. The Morgan fingerprint density at radius 3 is 1.69 bits per heavy atom. The summed E-state index contributed by atoms with van der Waals surface area (Å²) in [6.07, 6.45) is 24.3. The molecule has 1 heterocycles. The van der Waals surface area contributed by atoms with Gasteiger partial charge in [-0.2, -0.15) is 0 Å². The minimum absolute atomic E-state index is 0.0678. The van der Waals surface area contributed by atoms with Crippen molar-refractivity contribution < 1.29 is 27.7 Å². The van der Waals surface area contributed by atoms with Crippen LogP contribution in [0.5, 0.6) is 0 Å². The molecule has 1 unspecified atom stereocenters. The molecule has 7 heteroatoms. The second kappa shape index (κ2) is 21.9. The number of rotatable bonds is 26. The quantitative estimate of drug-likeness (QED) is 0.0687. The van der Waals surface area contributed by atoms with Gasteiger partial charge >= 0.3 is 7.82 Å². The van der Waals surface area contributed by atoms with Crippen molar-refractivity contribution in [2.75, 3.05) is 53.1 Å². The molecule has 1 rings (SSSR count). The summed E-state index contributed by atoms with van der Waals surface area (Å²) >= 11 is 0. The third-order valence-electron chi connectivity index (χ3n) is 7.60. The van der Waals surface area contributed by atoms with E-state index in [1.54, 1.807) is 0 Å². The van der Waals surface area contributed by atoms with Crippen molar-refractivity contribution >= 4 is 7.82 Å². The van der Waals surface area contributed by atoms with E-state index >= 15 is 0 Å².